The van der Waals surface area contributed by atoms with Gasteiger partial charge >= 0.3 is 6.09 Å². The summed E-state index contributed by atoms with van der Waals surface area (Å²) in [6.07, 6.45) is 4.04. The number of methoxy groups -OCH3 is 1. The van der Waals surface area contributed by atoms with Crippen LogP contribution in [0.3, 0.4) is 0 Å². The summed E-state index contributed by atoms with van der Waals surface area (Å²) in [5.41, 5.74) is 3.57. The lowest BCUT2D eigenvalue weighted by molar-refractivity contribution is -0.118. The molecule has 0 aliphatic carbocycles. The Hall–Kier alpha value is -3.80. The van der Waals surface area contributed by atoms with Crippen LogP contribution in [0.5, 0.6) is 5.75 Å². The molecule has 192 valence electrons. The fraction of sp³-hybridized carbons (Fsp3) is 0.333. The van der Waals surface area contributed by atoms with Crippen molar-refractivity contribution in [2.45, 2.75) is 45.9 Å². The quantitative estimate of drug-likeness (QED) is 0.385. The highest BCUT2D eigenvalue weighted by atomic mass is 79.9. The van der Waals surface area contributed by atoms with Crippen molar-refractivity contribution >= 4 is 39.5 Å². The van der Waals surface area contributed by atoms with Crippen LogP contribution in [0, 0.1) is 0 Å². The van der Waals surface area contributed by atoms with Gasteiger partial charge in [0.1, 0.15) is 23.1 Å². The molecule has 36 heavy (non-hydrogen) atoms. The molecule has 2 heterocycles. The zero-order chi connectivity index (χ0) is 26.5. The van der Waals surface area contributed by atoms with E-state index < -0.39 is 29.6 Å². The lowest BCUT2D eigenvalue weighted by Crippen LogP contribution is -2.46. The Morgan fingerprint density at radius 1 is 1.14 bits per heavy atom. The number of nitrogens with one attached hydrogen (secondary N) is 3. The first-order valence-electron chi connectivity index (χ1n) is 11.1. The third kappa shape index (κ3) is 7.35. The monoisotopic (exact) mass is 560 g/mol. The first kappa shape index (κ1) is 26.8. The number of halogens is 1. The number of benzene rings is 1. The summed E-state index contributed by atoms with van der Waals surface area (Å²) in [4.78, 5) is 37.5. The van der Waals surface area contributed by atoms with Crippen molar-refractivity contribution in [2.24, 2.45) is 0 Å². The molecule has 1 atom stereocenters. The minimum atomic E-state index is -0.909. The summed E-state index contributed by atoms with van der Waals surface area (Å²) in [6.45, 7) is 7.19. The molecule has 2 aromatic heterocycles. The number of hydrogen-bond acceptors (Lipinski definition) is 6. The number of rotatable bonds is 8. The van der Waals surface area contributed by atoms with E-state index in [9.17, 15) is 14.4 Å². The summed E-state index contributed by atoms with van der Waals surface area (Å²) < 4.78 is 13.8. The minimum absolute atomic E-state index is 0.163. The summed E-state index contributed by atoms with van der Waals surface area (Å²) in [7, 11) is 1.61. The number of ether oxygens (including phenoxy) is 2. The molecule has 0 aliphatic rings. The van der Waals surface area contributed by atoms with E-state index in [-0.39, 0.29) is 5.69 Å². The topological polar surface area (TPSA) is 129 Å². The Labute approximate surface area is 217 Å². The largest absolute Gasteiger partial charge is 0.497 e. The van der Waals surface area contributed by atoms with E-state index in [0.717, 1.165) is 11.3 Å². The molecule has 3 aromatic rings. The van der Waals surface area contributed by atoms with Gasteiger partial charge in [-0.05, 0) is 67.4 Å². The summed E-state index contributed by atoms with van der Waals surface area (Å²) in [6, 6.07) is 8.31. The van der Waals surface area contributed by atoms with E-state index >= 15 is 0 Å². The van der Waals surface area contributed by atoms with E-state index in [4.69, 9.17) is 9.47 Å². The maximum Gasteiger partial charge on any atom is 0.408 e. The third-order valence-electron chi connectivity index (χ3n) is 4.80. The molecule has 11 nitrogen and oxygen atoms in total. The zero-order valence-electron chi connectivity index (χ0n) is 20.7. The van der Waals surface area contributed by atoms with Crippen LogP contribution in [-0.2, 0) is 16.1 Å². The van der Waals surface area contributed by atoms with Crippen LogP contribution in [0.25, 0.3) is 0 Å². The third-order valence-corrected chi connectivity index (χ3v) is 5.44. The highest BCUT2D eigenvalue weighted by molar-refractivity contribution is 9.10. The van der Waals surface area contributed by atoms with Gasteiger partial charge < -0.3 is 20.1 Å². The van der Waals surface area contributed by atoms with Crippen LogP contribution in [0.2, 0.25) is 0 Å². The Morgan fingerprint density at radius 3 is 2.47 bits per heavy atom. The van der Waals surface area contributed by atoms with Crippen molar-refractivity contribution < 1.29 is 23.9 Å². The second-order valence-corrected chi connectivity index (χ2v) is 9.81. The Balaban J connectivity index is 1.62. The van der Waals surface area contributed by atoms with Crippen molar-refractivity contribution in [3.8, 4) is 5.75 Å². The van der Waals surface area contributed by atoms with Crippen molar-refractivity contribution in [3.05, 3.63) is 64.7 Å². The number of amides is 3. The number of hydrogen-bond donors (Lipinski definition) is 3. The SMILES string of the molecule is COc1ccc(Cn2cc(NC(=O)c3c(Br)ccn3NC(=O)C(C)NC(=O)OC(C)(C)C)cn2)cc1. The maximum atomic E-state index is 13.0. The Kier molecular flexibility index (Phi) is 8.41. The van der Waals surface area contributed by atoms with Crippen molar-refractivity contribution in [1.82, 2.24) is 19.8 Å². The molecule has 0 radical (unpaired) electrons. The van der Waals surface area contributed by atoms with Crippen LogP contribution < -0.4 is 20.8 Å². The van der Waals surface area contributed by atoms with Gasteiger partial charge in [0.25, 0.3) is 11.8 Å². The molecule has 12 heteroatoms. The molecule has 0 saturated carbocycles. The summed E-state index contributed by atoms with van der Waals surface area (Å²) in [5.74, 6) is -0.239. The van der Waals surface area contributed by atoms with Gasteiger partial charge in [-0.1, -0.05) is 12.1 Å². The zero-order valence-corrected chi connectivity index (χ0v) is 22.3. The molecule has 0 bridgehead atoms. The molecule has 1 aromatic carbocycles. The van der Waals surface area contributed by atoms with Crippen molar-refractivity contribution in [1.29, 1.82) is 0 Å². The van der Waals surface area contributed by atoms with Gasteiger partial charge in [0, 0.05) is 12.4 Å². The molecular formula is C24H29BrN6O5. The number of carbonyl (C=O) groups is 3. The molecule has 0 spiro atoms. The molecular weight excluding hydrogens is 532 g/mol. The molecule has 0 aliphatic heterocycles. The van der Waals surface area contributed by atoms with Crippen molar-refractivity contribution in [2.75, 3.05) is 17.9 Å². The van der Waals surface area contributed by atoms with E-state index in [0.29, 0.717) is 16.7 Å². The van der Waals surface area contributed by atoms with Gasteiger partial charge in [-0.15, -0.1) is 0 Å². The van der Waals surface area contributed by atoms with Gasteiger partial charge in [0.15, 0.2) is 0 Å². The van der Waals surface area contributed by atoms with Gasteiger partial charge in [0.2, 0.25) is 0 Å². The van der Waals surface area contributed by atoms with E-state index in [1.165, 1.54) is 24.0 Å². The fourth-order valence-electron chi connectivity index (χ4n) is 3.11. The number of anilines is 1. The lowest BCUT2D eigenvalue weighted by Gasteiger charge is -2.22. The molecule has 0 fully saturated rings. The van der Waals surface area contributed by atoms with Gasteiger partial charge in [-0.25, -0.2) is 4.79 Å². The first-order valence-corrected chi connectivity index (χ1v) is 11.9. The van der Waals surface area contributed by atoms with Crippen molar-refractivity contribution in [3.63, 3.8) is 0 Å². The Bertz CT molecular complexity index is 1230. The first-order chi connectivity index (χ1) is 16.9. The molecule has 3 N–H and O–H groups in total. The van der Waals surface area contributed by atoms with Gasteiger partial charge in [-0.2, -0.15) is 5.10 Å². The predicted molar refractivity (Wildman–Crippen MR) is 138 cm³/mol. The minimum Gasteiger partial charge on any atom is -0.497 e. The fourth-order valence-corrected chi connectivity index (χ4v) is 3.60. The van der Waals surface area contributed by atoms with Crippen LogP contribution in [-0.4, -0.2) is 51.1 Å². The number of nitrogens with zero attached hydrogens (tertiary/aromatic N) is 3. The van der Waals surface area contributed by atoms with Crippen LogP contribution in [0.15, 0.2) is 53.4 Å². The maximum absolute atomic E-state index is 13.0. The van der Waals surface area contributed by atoms with Crippen LogP contribution in [0.4, 0.5) is 10.5 Å². The summed E-state index contributed by atoms with van der Waals surface area (Å²) in [5, 5.41) is 9.53. The second-order valence-electron chi connectivity index (χ2n) is 8.96. The highest BCUT2D eigenvalue weighted by Gasteiger charge is 2.23. The number of carbonyl (C=O) groups excluding carboxylic acids is 3. The van der Waals surface area contributed by atoms with E-state index in [1.807, 2.05) is 24.3 Å². The average molecular weight is 561 g/mol. The summed E-state index contributed by atoms with van der Waals surface area (Å²) >= 11 is 3.34. The predicted octanol–water partition coefficient (Wildman–Crippen LogP) is 3.74. The van der Waals surface area contributed by atoms with Gasteiger partial charge in [-0.3, -0.25) is 24.4 Å². The number of alkyl carbamates (subject to hydrolysis) is 1. The molecule has 3 rings (SSSR count). The normalized spacial score (nSPS) is 11.9. The van der Waals surface area contributed by atoms with E-state index in [1.54, 1.807) is 44.8 Å². The molecule has 3 amide bonds. The highest BCUT2D eigenvalue weighted by Crippen LogP contribution is 2.20. The average Bonchev–Trinajstić information content (AvgIpc) is 3.38. The molecule has 0 saturated heterocycles. The Morgan fingerprint density at radius 2 is 1.83 bits per heavy atom. The molecule has 1 unspecified atom stereocenters. The lowest BCUT2D eigenvalue weighted by atomic mass is 10.2. The van der Waals surface area contributed by atoms with Crippen LogP contribution in [0.1, 0.15) is 43.7 Å². The van der Waals surface area contributed by atoms with Gasteiger partial charge in [0.05, 0.1) is 30.0 Å². The second kappa shape index (κ2) is 11.3. The van der Waals surface area contributed by atoms with Crippen LogP contribution >= 0.6 is 15.9 Å². The number of aromatic nitrogens is 3. The van der Waals surface area contributed by atoms with E-state index in [2.05, 4.69) is 37.1 Å². The standard InChI is InChI=1S/C24H29BrN6O5/c1-15(27-23(34)36-24(2,3)4)21(32)29-31-11-10-19(25)20(31)22(33)28-17-12-26-30(14-17)13-16-6-8-18(35-5)9-7-16/h6-12,14-15H,13H2,1-5H3,(H,27,34)(H,28,33)(H,29,32). The smallest absolute Gasteiger partial charge is 0.408 e.